The molecule has 0 heterocycles. The largest absolute Gasteiger partial charge is 0.316 e. The molecule has 0 radical (unpaired) electrons. The van der Waals surface area contributed by atoms with E-state index in [1.807, 2.05) is 0 Å². The number of hydrogen-bond acceptors (Lipinski definition) is 2. The van der Waals surface area contributed by atoms with Crippen LogP contribution >= 0.6 is 0 Å². The normalized spacial score (nSPS) is 16.2. The monoisotopic (exact) mass is 212 g/mol. The lowest BCUT2D eigenvalue weighted by Gasteiger charge is -2.07. The molecule has 1 rings (SSSR count). The molecule has 90 valence electrons. The van der Waals surface area contributed by atoms with Gasteiger partial charge >= 0.3 is 0 Å². The SMILES string of the molecule is CC(C)CNCCCCCCNC1CC1. The zero-order chi connectivity index (χ0) is 10.9. The summed E-state index contributed by atoms with van der Waals surface area (Å²) in [6.07, 6.45) is 8.32. The topological polar surface area (TPSA) is 24.1 Å². The van der Waals surface area contributed by atoms with Crippen molar-refractivity contribution in [1.82, 2.24) is 10.6 Å². The molecule has 1 saturated carbocycles. The quantitative estimate of drug-likeness (QED) is 0.544. The number of rotatable bonds is 10. The molecule has 0 aromatic rings. The van der Waals surface area contributed by atoms with E-state index in [0.29, 0.717) is 0 Å². The zero-order valence-corrected chi connectivity index (χ0v) is 10.5. The first-order chi connectivity index (χ1) is 7.29. The van der Waals surface area contributed by atoms with Gasteiger partial charge in [0.2, 0.25) is 0 Å². The van der Waals surface area contributed by atoms with Crippen molar-refractivity contribution in [2.24, 2.45) is 5.92 Å². The van der Waals surface area contributed by atoms with Crippen molar-refractivity contribution in [3.05, 3.63) is 0 Å². The third kappa shape index (κ3) is 8.88. The summed E-state index contributed by atoms with van der Waals surface area (Å²) < 4.78 is 0. The maximum absolute atomic E-state index is 3.56. The Morgan fingerprint density at radius 1 is 1.00 bits per heavy atom. The zero-order valence-electron chi connectivity index (χ0n) is 10.5. The van der Waals surface area contributed by atoms with Gasteiger partial charge in [0.05, 0.1) is 0 Å². The van der Waals surface area contributed by atoms with Crippen molar-refractivity contribution >= 4 is 0 Å². The molecule has 0 aromatic carbocycles. The highest BCUT2D eigenvalue weighted by Crippen LogP contribution is 2.18. The summed E-state index contributed by atoms with van der Waals surface area (Å²) in [5.41, 5.74) is 0. The van der Waals surface area contributed by atoms with Gasteiger partial charge in [-0.15, -0.1) is 0 Å². The van der Waals surface area contributed by atoms with Gasteiger partial charge < -0.3 is 10.6 Å². The minimum Gasteiger partial charge on any atom is -0.316 e. The van der Waals surface area contributed by atoms with Gasteiger partial charge in [0.1, 0.15) is 0 Å². The van der Waals surface area contributed by atoms with Crippen LogP contribution in [0, 0.1) is 5.92 Å². The van der Waals surface area contributed by atoms with E-state index in [9.17, 15) is 0 Å². The number of unbranched alkanes of at least 4 members (excludes halogenated alkanes) is 3. The van der Waals surface area contributed by atoms with Crippen LogP contribution < -0.4 is 10.6 Å². The molecule has 2 nitrogen and oxygen atoms in total. The molecule has 0 saturated heterocycles. The van der Waals surface area contributed by atoms with Crippen LogP contribution in [0.3, 0.4) is 0 Å². The van der Waals surface area contributed by atoms with Gasteiger partial charge in [0.15, 0.2) is 0 Å². The first kappa shape index (κ1) is 13.0. The highest BCUT2D eigenvalue weighted by molar-refractivity contribution is 4.80. The van der Waals surface area contributed by atoms with E-state index in [-0.39, 0.29) is 0 Å². The van der Waals surface area contributed by atoms with Crippen molar-refractivity contribution in [3.63, 3.8) is 0 Å². The Balaban J connectivity index is 1.65. The lowest BCUT2D eigenvalue weighted by atomic mass is 10.2. The lowest BCUT2D eigenvalue weighted by molar-refractivity contribution is 0.521. The Morgan fingerprint density at radius 3 is 2.27 bits per heavy atom. The van der Waals surface area contributed by atoms with Crippen LogP contribution in [0.5, 0.6) is 0 Å². The summed E-state index contributed by atoms with van der Waals surface area (Å²) in [4.78, 5) is 0. The smallest absolute Gasteiger partial charge is 0.00682 e. The summed E-state index contributed by atoms with van der Waals surface area (Å²) in [7, 11) is 0. The van der Waals surface area contributed by atoms with Crippen molar-refractivity contribution in [3.8, 4) is 0 Å². The molecule has 2 heteroatoms. The molecular weight excluding hydrogens is 184 g/mol. The Morgan fingerprint density at radius 2 is 1.67 bits per heavy atom. The fraction of sp³-hybridized carbons (Fsp3) is 1.00. The minimum atomic E-state index is 0.785. The number of hydrogen-bond donors (Lipinski definition) is 2. The predicted octanol–water partition coefficient (Wildman–Crippen LogP) is 2.54. The van der Waals surface area contributed by atoms with Gasteiger partial charge in [-0.05, 0) is 51.2 Å². The molecule has 1 aliphatic rings. The Bertz CT molecular complexity index is 133. The molecule has 0 atom stereocenters. The molecule has 0 aliphatic heterocycles. The van der Waals surface area contributed by atoms with E-state index in [0.717, 1.165) is 12.0 Å². The molecule has 0 amide bonds. The Labute approximate surface area is 95.2 Å². The van der Waals surface area contributed by atoms with Gasteiger partial charge in [0, 0.05) is 6.04 Å². The Kier molecular flexibility index (Phi) is 7.03. The number of nitrogens with one attached hydrogen (secondary N) is 2. The van der Waals surface area contributed by atoms with E-state index in [1.165, 1.54) is 58.2 Å². The summed E-state index contributed by atoms with van der Waals surface area (Å²) in [6.45, 7) is 8.13. The second-order valence-corrected chi connectivity index (χ2v) is 5.24. The van der Waals surface area contributed by atoms with E-state index in [2.05, 4.69) is 24.5 Å². The van der Waals surface area contributed by atoms with Gasteiger partial charge in [-0.25, -0.2) is 0 Å². The summed E-state index contributed by atoms with van der Waals surface area (Å²) in [5.74, 6) is 0.785. The molecule has 1 aliphatic carbocycles. The van der Waals surface area contributed by atoms with Gasteiger partial charge in [-0.2, -0.15) is 0 Å². The fourth-order valence-electron chi connectivity index (χ4n) is 1.71. The minimum absolute atomic E-state index is 0.785. The van der Waals surface area contributed by atoms with E-state index >= 15 is 0 Å². The highest BCUT2D eigenvalue weighted by Gasteiger charge is 2.19. The van der Waals surface area contributed by atoms with Crippen LogP contribution in [0.1, 0.15) is 52.4 Å². The predicted molar refractivity (Wildman–Crippen MR) is 67.2 cm³/mol. The molecule has 15 heavy (non-hydrogen) atoms. The molecule has 0 spiro atoms. The van der Waals surface area contributed by atoms with E-state index < -0.39 is 0 Å². The van der Waals surface area contributed by atoms with Crippen LogP contribution in [-0.4, -0.2) is 25.7 Å². The Hall–Kier alpha value is -0.0800. The van der Waals surface area contributed by atoms with Crippen molar-refractivity contribution in [1.29, 1.82) is 0 Å². The average molecular weight is 212 g/mol. The van der Waals surface area contributed by atoms with Gasteiger partial charge in [-0.1, -0.05) is 26.7 Å². The summed E-state index contributed by atoms with van der Waals surface area (Å²) in [5, 5.41) is 7.05. The molecule has 0 aromatic heterocycles. The molecule has 1 fully saturated rings. The van der Waals surface area contributed by atoms with E-state index in [1.54, 1.807) is 0 Å². The standard InChI is InChI=1S/C13H28N2/c1-12(2)11-14-9-5-3-4-6-10-15-13-7-8-13/h12-15H,3-11H2,1-2H3. The van der Waals surface area contributed by atoms with Crippen molar-refractivity contribution in [2.45, 2.75) is 58.4 Å². The van der Waals surface area contributed by atoms with E-state index in [4.69, 9.17) is 0 Å². The third-order valence-electron chi connectivity index (χ3n) is 2.84. The van der Waals surface area contributed by atoms with Crippen LogP contribution in [0.15, 0.2) is 0 Å². The summed E-state index contributed by atoms with van der Waals surface area (Å²) >= 11 is 0. The molecule has 0 unspecified atom stereocenters. The van der Waals surface area contributed by atoms with Crippen molar-refractivity contribution < 1.29 is 0 Å². The molecule has 0 bridgehead atoms. The first-order valence-electron chi connectivity index (χ1n) is 6.73. The maximum Gasteiger partial charge on any atom is 0.00682 e. The van der Waals surface area contributed by atoms with Crippen LogP contribution in [-0.2, 0) is 0 Å². The summed E-state index contributed by atoms with van der Waals surface area (Å²) in [6, 6.07) is 0.887. The van der Waals surface area contributed by atoms with Crippen LogP contribution in [0.25, 0.3) is 0 Å². The second kappa shape index (κ2) is 8.12. The molecule has 2 N–H and O–H groups in total. The fourth-order valence-corrected chi connectivity index (χ4v) is 1.71. The van der Waals surface area contributed by atoms with Crippen LogP contribution in [0.4, 0.5) is 0 Å². The van der Waals surface area contributed by atoms with Crippen molar-refractivity contribution in [2.75, 3.05) is 19.6 Å². The average Bonchev–Trinajstić information content (AvgIpc) is 2.98. The van der Waals surface area contributed by atoms with Crippen LogP contribution in [0.2, 0.25) is 0 Å². The maximum atomic E-state index is 3.56. The first-order valence-corrected chi connectivity index (χ1v) is 6.73. The van der Waals surface area contributed by atoms with Gasteiger partial charge in [0.25, 0.3) is 0 Å². The highest BCUT2D eigenvalue weighted by atomic mass is 14.9. The third-order valence-corrected chi connectivity index (χ3v) is 2.84. The lowest BCUT2D eigenvalue weighted by Crippen LogP contribution is -2.20. The molecular formula is C13H28N2. The van der Waals surface area contributed by atoms with Gasteiger partial charge in [-0.3, -0.25) is 0 Å². The second-order valence-electron chi connectivity index (χ2n) is 5.24.